The second-order valence-corrected chi connectivity index (χ2v) is 6.95. The Balaban J connectivity index is 2.10. The van der Waals surface area contributed by atoms with Crippen LogP contribution in [0.4, 0.5) is 0 Å². The van der Waals surface area contributed by atoms with Gasteiger partial charge in [-0.15, -0.1) is 0 Å². The Kier molecular flexibility index (Phi) is 5.11. The number of hydrogen-bond donors (Lipinski definition) is 0. The molecule has 0 radical (unpaired) electrons. The van der Waals surface area contributed by atoms with Gasteiger partial charge in [0.05, 0.1) is 46.5 Å². The van der Waals surface area contributed by atoms with Crippen LogP contribution < -0.4 is 23.5 Å². The number of methoxy groups -OCH3 is 5. The Morgan fingerprint density at radius 3 is 2.07 bits per heavy atom. The maximum Gasteiger partial charge on any atom is 0.345 e. The molecule has 0 unspecified atom stereocenters. The molecule has 0 fully saturated rings. The Hall–Kier alpha value is -3.48. The largest absolute Gasteiger partial charge is 0.493 e. The summed E-state index contributed by atoms with van der Waals surface area (Å²) in [5.74, 6) is 2.00. The fraction of sp³-hybridized carbons (Fsp3) is 0.304. The van der Waals surface area contributed by atoms with E-state index in [1.165, 1.54) is 7.11 Å². The number of ether oxygens (including phenoxy) is 5. The number of nitrogens with zero attached hydrogens (tertiary/aromatic N) is 1. The number of carbonyl (C=O) groups excluding carboxylic acids is 1. The van der Waals surface area contributed by atoms with Crippen LogP contribution in [0.3, 0.4) is 0 Å². The van der Waals surface area contributed by atoms with E-state index in [2.05, 4.69) is 4.57 Å². The molecule has 30 heavy (non-hydrogen) atoms. The second kappa shape index (κ2) is 7.74. The van der Waals surface area contributed by atoms with Crippen molar-refractivity contribution in [2.24, 2.45) is 0 Å². The van der Waals surface area contributed by atoms with E-state index in [-0.39, 0.29) is 0 Å². The predicted octanol–water partition coefficient (Wildman–Crippen LogP) is 3.17. The summed E-state index contributed by atoms with van der Waals surface area (Å²) in [5, 5.41) is 1.59. The van der Waals surface area contributed by atoms with Crippen molar-refractivity contribution in [1.82, 2.24) is 0 Å². The fourth-order valence-corrected chi connectivity index (χ4v) is 4.09. The number of benzene rings is 2. The third-order valence-corrected chi connectivity index (χ3v) is 5.52. The highest BCUT2D eigenvalue weighted by Crippen LogP contribution is 2.41. The van der Waals surface area contributed by atoms with E-state index in [1.54, 1.807) is 28.4 Å². The van der Waals surface area contributed by atoms with Gasteiger partial charge in [0.25, 0.3) is 0 Å². The molecule has 1 aromatic heterocycles. The number of hydrogen-bond acceptors (Lipinski definition) is 6. The van der Waals surface area contributed by atoms with Gasteiger partial charge in [-0.1, -0.05) is 0 Å². The van der Waals surface area contributed by atoms with Gasteiger partial charge < -0.3 is 23.7 Å². The van der Waals surface area contributed by atoms with Crippen LogP contribution in [-0.2, 0) is 17.7 Å². The standard InChI is InChI=1S/C23H24NO6/c1-26-17-8-13-6-7-24-12-14-9-18(27-2)19(28-3)10-15(14)21(23(25)30-5)22(24)16(13)11-20(17)29-4/h8-12H,6-7H2,1-5H3/q+1. The first-order chi connectivity index (χ1) is 14.6. The van der Waals surface area contributed by atoms with Crippen LogP contribution in [0.1, 0.15) is 15.9 Å². The molecule has 0 saturated carbocycles. The van der Waals surface area contributed by atoms with Crippen molar-refractivity contribution in [2.75, 3.05) is 35.5 Å². The lowest BCUT2D eigenvalue weighted by Gasteiger charge is -2.20. The summed E-state index contributed by atoms with van der Waals surface area (Å²) in [4.78, 5) is 13.0. The molecule has 4 rings (SSSR count). The molecule has 0 saturated heterocycles. The van der Waals surface area contributed by atoms with E-state index in [1.807, 2.05) is 30.5 Å². The summed E-state index contributed by atoms with van der Waals surface area (Å²) in [6.45, 7) is 0.714. The highest BCUT2D eigenvalue weighted by molar-refractivity contribution is 6.09. The molecule has 0 aliphatic carbocycles. The molecule has 0 bridgehead atoms. The van der Waals surface area contributed by atoms with Gasteiger partial charge in [-0.05, 0) is 29.8 Å². The molecule has 0 atom stereocenters. The molecule has 0 spiro atoms. The maximum atomic E-state index is 13.0. The normalized spacial score (nSPS) is 12.0. The summed E-state index contributed by atoms with van der Waals surface area (Å²) in [5.41, 5.74) is 3.25. The molecule has 0 amide bonds. The summed E-state index contributed by atoms with van der Waals surface area (Å²) < 4.78 is 29.1. The van der Waals surface area contributed by atoms with Crippen LogP contribution in [-0.4, -0.2) is 41.5 Å². The molecular formula is C23H24NO6+. The predicted molar refractivity (Wildman–Crippen MR) is 111 cm³/mol. The molecule has 2 aromatic carbocycles. The van der Waals surface area contributed by atoms with Crippen molar-refractivity contribution in [2.45, 2.75) is 13.0 Å². The molecule has 3 aromatic rings. The van der Waals surface area contributed by atoms with Crippen molar-refractivity contribution >= 4 is 16.7 Å². The van der Waals surface area contributed by atoms with Gasteiger partial charge >= 0.3 is 5.97 Å². The van der Waals surface area contributed by atoms with E-state index >= 15 is 0 Å². The molecule has 1 aliphatic heterocycles. The number of aromatic nitrogens is 1. The van der Waals surface area contributed by atoms with Crippen molar-refractivity contribution in [3.63, 3.8) is 0 Å². The third-order valence-electron chi connectivity index (χ3n) is 5.52. The molecule has 0 N–H and O–H groups in total. The van der Waals surface area contributed by atoms with Gasteiger partial charge in [-0.3, -0.25) is 0 Å². The zero-order valence-electron chi connectivity index (χ0n) is 17.7. The highest BCUT2D eigenvalue weighted by Gasteiger charge is 2.34. The van der Waals surface area contributed by atoms with E-state index in [0.29, 0.717) is 35.1 Å². The highest BCUT2D eigenvalue weighted by atomic mass is 16.5. The van der Waals surface area contributed by atoms with Gasteiger partial charge in [-0.25, -0.2) is 4.79 Å². The van der Waals surface area contributed by atoms with Gasteiger partial charge in [0.1, 0.15) is 5.56 Å². The second-order valence-electron chi connectivity index (χ2n) is 6.95. The summed E-state index contributed by atoms with van der Waals surface area (Å²) >= 11 is 0. The van der Waals surface area contributed by atoms with Crippen molar-refractivity contribution in [1.29, 1.82) is 0 Å². The first-order valence-electron chi connectivity index (χ1n) is 9.52. The molecule has 156 valence electrons. The summed E-state index contributed by atoms with van der Waals surface area (Å²) in [6.07, 6.45) is 2.82. The molecular weight excluding hydrogens is 386 g/mol. The minimum atomic E-state index is -0.417. The van der Waals surface area contributed by atoms with Crippen LogP contribution in [0.5, 0.6) is 23.0 Å². The monoisotopic (exact) mass is 410 g/mol. The van der Waals surface area contributed by atoms with Crippen LogP contribution in [0.2, 0.25) is 0 Å². The van der Waals surface area contributed by atoms with Crippen molar-refractivity contribution in [3.05, 3.63) is 41.6 Å². The van der Waals surface area contributed by atoms with Crippen LogP contribution >= 0.6 is 0 Å². The number of esters is 1. The van der Waals surface area contributed by atoms with Gasteiger partial charge in [0.15, 0.2) is 35.7 Å². The zero-order valence-corrected chi connectivity index (χ0v) is 17.7. The molecule has 7 heteroatoms. The fourth-order valence-electron chi connectivity index (χ4n) is 4.09. The Morgan fingerprint density at radius 2 is 1.43 bits per heavy atom. The number of fused-ring (bicyclic) bond motifs is 4. The number of aryl methyl sites for hydroxylation is 2. The van der Waals surface area contributed by atoms with Crippen LogP contribution in [0, 0.1) is 0 Å². The lowest BCUT2D eigenvalue weighted by molar-refractivity contribution is -0.686. The van der Waals surface area contributed by atoms with E-state index in [9.17, 15) is 4.79 Å². The average Bonchev–Trinajstić information content (AvgIpc) is 2.79. The minimum absolute atomic E-state index is 0.417. The summed E-state index contributed by atoms with van der Waals surface area (Å²) in [7, 11) is 7.76. The maximum absolute atomic E-state index is 13.0. The number of pyridine rings is 1. The van der Waals surface area contributed by atoms with E-state index in [4.69, 9.17) is 23.7 Å². The topological polar surface area (TPSA) is 67.1 Å². The van der Waals surface area contributed by atoms with Gasteiger partial charge in [0.2, 0.25) is 5.69 Å². The number of carbonyl (C=O) groups is 1. The van der Waals surface area contributed by atoms with E-state index in [0.717, 1.165) is 34.0 Å². The summed E-state index contributed by atoms with van der Waals surface area (Å²) in [6, 6.07) is 7.57. The molecule has 7 nitrogen and oxygen atoms in total. The van der Waals surface area contributed by atoms with Crippen molar-refractivity contribution in [3.8, 4) is 34.3 Å². The first kappa shape index (κ1) is 19.8. The van der Waals surface area contributed by atoms with Crippen LogP contribution in [0.25, 0.3) is 22.0 Å². The smallest absolute Gasteiger partial charge is 0.345 e. The molecule has 2 heterocycles. The van der Waals surface area contributed by atoms with Gasteiger partial charge in [0, 0.05) is 11.8 Å². The first-order valence-corrected chi connectivity index (χ1v) is 9.52. The lowest BCUT2D eigenvalue weighted by atomic mass is 9.91. The minimum Gasteiger partial charge on any atom is -0.493 e. The third kappa shape index (κ3) is 2.98. The Labute approximate surface area is 174 Å². The number of rotatable bonds is 5. The van der Waals surface area contributed by atoms with E-state index < -0.39 is 5.97 Å². The quantitative estimate of drug-likeness (QED) is 0.476. The van der Waals surface area contributed by atoms with Gasteiger partial charge in [-0.2, -0.15) is 4.57 Å². The zero-order chi connectivity index (χ0) is 21.4. The molecule has 1 aliphatic rings. The SMILES string of the molecule is COC(=O)c1c2[n+](cc3cc(OC)c(OC)cc13)CCc1cc(OC)c(OC)cc1-2. The van der Waals surface area contributed by atoms with Crippen LogP contribution in [0.15, 0.2) is 30.5 Å². The Bertz CT molecular complexity index is 1150. The lowest BCUT2D eigenvalue weighted by Crippen LogP contribution is -2.41. The average molecular weight is 410 g/mol. The Morgan fingerprint density at radius 1 is 0.833 bits per heavy atom. The van der Waals surface area contributed by atoms with Crippen molar-refractivity contribution < 1.29 is 33.0 Å².